The molecular formula is C33H46O4Si. The number of unbranched alkanes of at least 4 members (excludes halogenated alkanes) is 1. The van der Waals surface area contributed by atoms with Gasteiger partial charge in [0.05, 0.1) is 19.8 Å². The number of aliphatic hydroxyl groups is 1. The van der Waals surface area contributed by atoms with Crippen LogP contribution in [0.5, 0.6) is 5.75 Å². The number of rotatable bonds is 15. The maximum atomic E-state index is 10.7. The highest BCUT2D eigenvalue weighted by Gasteiger charge is 2.50. The Labute approximate surface area is 231 Å². The molecule has 3 aromatic carbocycles. The minimum absolute atomic E-state index is 0.0418. The number of methoxy groups -OCH3 is 1. The van der Waals surface area contributed by atoms with E-state index < -0.39 is 8.32 Å². The normalized spacial score (nSPS) is 13.7. The molecule has 0 radical (unpaired) electrons. The molecule has 0 bridgehead atoms. The van der Waals surface area contributed by atoms with Crippen LogP contribution in [-0.2, 0) is 15.8 Å². The molecule has 0 spiro atoms. The van der Waals surface area contributed by atoms with Crippen LogP contribution in [0.15, 0.2) is 84.9 Å². The zero-order chi connectivity index (χ0) is 27.4. The van der Waals surface area contributed by atoms with Crippen molar-refractivity contribution >= 4 is 18.7 Å². The van der Waals surface area contributed by atoms with Crippen molar-refractivity contribution in [2.45, 2.75) is 71.1 Å². The van der Waals surface area contributed by atoms with Gasteiger partial charge in [-0.15, -0.1) is 0 Å². The van der Waals surface area contributed by atoms with Gasteiger partial charge < -0.3 is 19.0 Å². The summed E-state index contributed by atoms with van der Waals surface area (Å²) >= 11 is 0. The lowest BCUT2D eigenvalue weighted by molar-refractivity contribution is 0.0979. The lowest BCUT2D eigenvalue weighted by atomic mass is 10.0. The highest BCUT2D eigenvalue weighted by atomic mass is 28.4. The van der Waals surface area contributed by atoms with E-state index in [-0.39, 0.29) is 17.1 Å². The summed E-state index contributed by atoms with van der Waals surface area (Å²) in [4.78, 5) is 0. The van der Waals surface area contributed by atoms with Crippen molar-refractivity contribution in [1.29, 1.82) is 0 Å². The highest BCUT2D eigenvalue weighted by molar-refractivity contribution is 6.99. The van der Waals surface area contributed by atoms with Crippen LogP contribution in [-0.4, -0.2) is 39.9 Å². The second-order valence-corrected chi connectivity index (χ2v) is 15.7. The van der Waals surface area contributed by atoms with Crippen LogP contribution in [0, 0.1) is 5.92 Å². The molecule has 0 aliphatic heterocycles. The van der Waals surface area contributed by atoms with Crippen molar-refractivity contribution in [2.24, 2.45) is 5.92 Å². The summed E-state index contributed by atoms with van der Waals surface area (Å²) in [6, 6.07) is 29.4. The first-order valence-corrected chi connectivity index (χ1v) is 15.8. The topological polar surface area (TPSA) is 47.9 Å². The zero-order valence-corrected chi connectivity index (χ0v) is 24.9. The summed E-state index contributed by atoms with van der Waals surface area (Å²) < 4.78 is 18.0. The van der Waals surface area contributed by atoms with Crippen LogP contribution in [0.3, 0.4) is 0 Å². The lowest BCUT2D eigenvalue weighted by Gasteiger charge is -2.43. The summed E-state index contributed by atoms with van der Waals surface area (Å²) in [5, 5.41) is 13.3. The van der Waals surface area contributed by atoms with E-state index in [1.807, 2.05) is 24.3 Å². The first-order chi connectivity index (χ1) is 18.3. The summed E-state index contributed by atoms with van der Waals surface area (Å²) in [6.45, 7) is 11.0. The van der Waals surface area contributed by atoms with Crippen LogP contribution < -0.4 is 15.1 Å². The molecule has 1 N–H and O–H groups in total. The fourth-order valence-corrected chi connectivity index (χ4v) is 9.87. The van der Waals surface area contributed by atoms with Crippen LogP contribution >= 0.6 is 0 Å². The van der Waals surface area contributed by atoms with E-state index in [1.54, 1.807) is 7.11 Å². The predicted octanol–water partition coefficient (Wildman–Crippen LogP) is 6.35. The standard InChI is InChI=1S/C33H46O4Si/c1-27(24-29(34)14-12-13-23-36-26-28-19-21-30(35-5)22-20-28)25-37-38(33(2,3)4,31-15-8-6-9-16-31)32-17-10-7-11-18-32/h6-11,15-22,27,29,34H,12-14,23-26H2,1-5H3/t27-,29+/m0/s1. The maximum Gasteiger partial charge on any atom is 0.261 e. The molecule has 2 atom stereocenters. The smallest absolute Gasteiger partial charge is 0.261 e. The van der Waals surface area contributed by atoms with Gasteiger partial charge in [-0.2, -0.15) is 0 Å². The molecule has 0 saturated carbocycles. The number of ether oxygens (including phenoxy) is 2. The van der Waals surface area contributed by atoms with Gasteiger partial charge in [-0.25, -0.2) is 0 Å². The van der Waals surface area contributed by atoms with E-state index in [1.165, 1.54) is 10.4 Å². The molecule has 0 fully saturated rings. The minimum Gasteiger partial charge on any atom is -0.497 e. The second-order valence-electron chi connectivity index (χ2n) is 11.4. The van der Waals surface area contributed by atoms with Crippen molar-refractivity contribution in [3.63, 3.8) is 0 Å². The van der Waals surface area contributed by atoms with E-state index in [4.69, 9.17) is 13.9 Å². The molecule has 0 aromatic heterocycles. The average Bonchev–Trinajstić information content (AvgIpc) is 2.91. The van der Waals surface area contributed by atoms with Crippen molar-refractivity contribution in [1.82, 2.24) is 0 Å². The number of hydrogen-bond acceptors (Lipinski definition) is 4. The van der Waals surface area contributed by atoms with Crippen LogP contribution in [0.25, 0.3) is 0 Å². The van der Waals surface area contributed by atoms with Gasteiger partial charge in [-0.1, -0.05) is 100 Å². The molecule has 38 heavy (non-hydrogen) atoms. The highest BCUT2D eigenvalue weighted by Crippen LogP contribution is 2.37. The molecule has 206 valence electrons. The predicted molar refractivity (Wildman–Crippen MR) is 160 cm³/mol. The third kappa shape index (κ3) is 8.28. The molecule has 0 amide bonds. The molecule has 0 unspecified atom stereocenters. The van der Waals surface area contributed by atoms with Gasteiger partial charge in [0.1, 0.15) is 5.75 Å². The Hall–Kier alpha value is -2.44. The Morgan fingerprint density at radius 3 is 1.92 bits per heavy atom. The van der Waals surface area contributed by atoms with Crippen LogP contribution in [0.4, 0.5) is 0 Å². The third-order valence-electron chi connectivity index (χ3n) is 7.18. The Morgan fingerprint density at radius 2 is 1.39 bits per heavy atom. The molecule has 3 aromatic rings. The van der Waals surface area contributed by atoms with Crippen LogP contribution in [0.2, 0.25) is 5.04 Å². The first kappa shape index (κ1) is 30.1. The average molecular weight is 535 g/mol. The molecule has 5 heteroatoms. The van der Waals surface area contributed by atoms with E-state index in [0.29, 0.717) is 19.8 Å². The van der Waals surface area contributed by atoms with E-state index in [2.05, 4.69) is 88.4 Å². The van der Waals surface area contributed by atoms with E-state index >= 15 is 0 Å². The fourth-order valence-electron chi connectivity index (χ4n) is 5.18. The Morgan fingerprint density at radius 1 is 0.816 bits per heavy atom. The summed E-state index contributed by atoms with van der Waals surface area (Å²) in [5.41, 5.74) is 1.14. The Balaban J connectivity index is 1.49. The third-order valence-corrected chi connectivity index (χ3v) is 12.2. The number of benzene rings is 3. The maximum absolute atomic E-state index is 10.7. The molecule has 0 aliphatic rings. The van der Waals surface area contributed by atoms with Gasteiger partial charge in [0.2, 0.25) is 0 Å². The SMILES string of the molecule is COc1ccc(COCCCC[C@@H](O)C[C@H](C)CO[Si](c2ccccc2)(c2ccccc2)C(C)(C)C)cc1. The van der Waals surface area contributed by atoms with Gasteiger partial charge in [-0.3, -0.25) is 0 Å². The molecule has 4 nitrogen and oxygen atoms in total. The van der Waals surface area contributed by atoms with Gasteiger partial charge >= 0.3 is 0 Å². The Bertz CT molecular complexity index is 1010. The first-order valence-electron chi connectivity index (χ1n) is 13.9. The van der Waals surface area contributed by atoms with Gasteiger partial charge in [0.15, 0.2) is 0 Å². The monoisotopic (exact) mass is 534 g/mol. The molecule has 0 aliphatic carbocycles. The largest absolute Gasteiger partial charge is 0.497 e. The van der Waals surface area contributed by atoms with Gasteiger partial charge in [-0.05, 0) is 64.7 Å². The minimum atomic E-state index is -2.54. The van der Waals surface area contributed by atoms with E-state index in [9.17, 15) is 5.11 Å². The molecule has 3 rings (SSSR count). The van der Waals surface area contributed by atoms with Gasteiger partial charge in [0.25, 0.3) is 8.32 Å². The summed E-state index contributed by atoms with van der Waals surface area (Å²) in [7, 11) is -0.872. The summed E-state index contributed by atoms with van der Waals surface area (Å²) in [6.07, 6.45) is 3.10. The number of aliphatic hydroxyl groups excluding tert-OH is 1. The van der Waals surface area contributed by atoms with Crippen molar-refractivity contribution < 1.29 is 19.0 Å². The van der Waals surface area contributed by atoms with Crippen molar-refractivity contribution in [3.8, 4) is 5.75 Å². The quantitative estimate of drug-likeness (QED) is 0.182. The summed E-state index contributed by atoms with van der Waals surface area (Å²) in [5.74, 6) is 1.12. The zero-order valence-electron chi connectivity index (χ0n) is 23.9. The van der Waals surface area contributed by atoms with Crippen molar-refractivity contribution in [3.05, 3.63) is 90.5 Å². The molecule has 0 saturated heterocycles. The molecule has 0 heterocycles. The lowest BCUT2D eigenvalue weighted by Crippen LogP contribution is -2.66. The van der Waals surface area contributed by atoms with Crippen molar-refractivity contribution in [2.75, 3.05) is 20.3 Å². The van der Waals surface area contributed by atoms with Crippen LogP contribution in [0.1, 0.15) is 58.9 Å². The number of hydrogen-bond donors (Lipinski definition) is 1. The second kappa shape index (κ2) is 14.6. The van der Waals surface area contributed by atoms with Gasteiger partial charge in [0, 0.05) is 13.2 Å². The Kier molecular flexibility index (Phi) is 11.6. The van der Waals surface area contributed by atoms with E-state index in [0.717, 1.165) is 37.0 Å². The fraction of sp³-hybridized carbons (Fsp3) is 0.455. The molecular weight excluding hydrogens is 488 g/mol.